The number of benzene rings is 1. The molecule has 1 fully saturated rings. The zero-order valence-corrected chi connectivity index (χ0v) is 14.9. The van der Waals surface area contributed by atoms with Crippen LogP contribution in [0.4, 0.5) is 14.5 Å². The number of ether oxygens (including phenoxy) is 1. The lowest BCUT2D eigenvalue weighted by Crippen LogP contribution is -2.46. The molecular weight excluding hydrogens is 346 g/mol. The second kappa shape index (κ2) is 8.25. The monoisotopic (exact) mass is 368 g/mol. The molecule has 0 aliphatic carbocycles. The Morgan fingerprint density at radius 3 is 2.58 bits per heavy atom. The van der Waals surface area contributed by atoms with Gasteiger partial charge in [0.25, 0.3) is 0 Å². The number of hydrogen-bond donors (Lipinski definition) is 1. The van der Waals surface area contributed by atoms with Crippen molar-refractivity contribution < 1.29 is 27.9 Å². The molecule has 1 aromatic carbocycles. The number of rotatable bonds is 6. The Labute approximate surface area is 150 Å². The minimum atomic E-state index is -1.06. The number of nitrogens with one attached hydrogen (secondary N) is 1. The predicted molar refractivity (Wildman–Crippen MR) is 90.2 cm³/mol. The number of amides is 2. The Morgan fingerprint density at radius 2 is 2.00 bits per heavy atom. The van der Waals surface area contributed by atoms with Gasteiger partial charge in [0.05, 0.1) is 7.11 Å². The third-order valence-corrected chi connectivity index (χ3v) is 4.25. The highest BCUT2D eigenvalue weighted by atomic mass is 19.2. The summed E-state index contributed by atoms with van der Waals surface area (Å²) < 4.78 is 31.1. The van der Waals surface area contributed by atoms with Gasteiger partial charge in [-0.1, -0.05) is 13.8 Å². The van der Waals surface area contributed by atoms with E-state index in [1.54, 1.807) is 0 Å². The third kappa shape index (κ3) is 4.36. The molecule has 2 atom stereocenters. The van der Waals surface area contributed by atoms with Gasteiger partial charge in [0.2, 0.25) is 11.8 Å². The van der Waals surface area contributed by atoms with Gasteiger partial charge in [-0.2, -0.15) is 0 Å². The summed E-state index contributed by atoms with van der Waals surface area (Å²) in [5.41, 5.74) is 0.191. The summed E-state index contributed by atoms with van der Waals surface area (Å²) in [7, 11) is 1.23. The molecule has 1 heterocycles. The van der Waals surface area contributed by atoms with E-state index in [-0.39, 0.29) is 24.6 Å². The normalized spacial score (nSPS) is 18.2. The van der Waals surface area contributed by atoms with Gasteiger partial charge in [0.15, 0.2) is 11.6 Å². The topological polar surface area (TPSA) is 75.7 Å². The molecule has 1 aliphatic heterocycles. The van der Waals surface area contributed by atoms with Gasteiger partial charge in [0.1, 0.15) is 12.0 Å². The van der Waals surface area contributed by atoms with Crippen molar-refractivity contribution in [3.63, 3.8) is 0 Å². The van der Waals surface area contributed by atoms with E-state index in [4.69, 9.17) is 4.74 Å². The van der Waals surface area contributed by atoms with Crippen molar-refractivity contribution in [3.8, 4) is 0 Å². The molecule has 1 aliphatic rings. The molecule has 0 radical (unpaired) electrons. The number of methoxy groups -OCH3 is 1. The molecular formula is C18H22F2N2O4. The molecule has 0 bridgehead atoms. The van der Waals surface area contributed by atoms with Crippen molar-refractivity contribution in [1.82, 2.24) is 5.32 Å². The van der Waals surface area contributed by atoms with Gasteiger partial charge >= 0.3 is 5.97 Å². The molecule has 26 heavy (non-hydrogen) atoms. The van der Waals surface area contributed by atoms with Gasteiger partial charge in [-0.15, -0.1) is 0 Å². The number of carbonyl (C=O) groups is 3. The first-order chi connectivity index (χ1) is 12.2. The standard InChI is InChI=1S/C18H22F2N2O4/c1-10(2)8-15(18(25)26-3)21-16(23)12-6-7-22(17(12)24)11-4-5-13(19)14(20)9-11/h4-5,9-10,12,15H,6-8H2,1-3H3,(H,21,23). The molecule has 1 saturated heterocycles. The van der Waals surface area contributed by atoms with Crippen LogP contribution in [-0.2, 0) is 19.1 Å². The zero-order valence-electron chi connectivity index (χ0n) is 14.9. The largest absolute Gasteiger partial charge is 0.467 e. The lowest BCUT2D eigenvalue weighted by atomic mass is 10.0. The van der Waals surface area contributed by atoms with Gasteiger partial charge in [0, 0.05) is 18.3 Å². The van der Waals surface area contributed by atoms with Crippen molar-refractivity contribution in [2.45, 2.75) is 32.7 Å². The van der Waals surface area contributed by atoms with E-state index in [0.29, 0.717) is 6.42 Å². The Morgan fingerprint density at radius 1 is 1.31 bits per heavy atom. The average molecular weight is 368 g/mol. The maximum atomic E-state index is 13.4. The zero-order chi connectivity index (χ0) is 19.4. The maximum absolute atomic E-state index is 13.4. The van der Waals surface area contributed by atoms with Gasteiger partial charge < -0.3 is 15.0 Å². The molecule has 142 valence electrons. The first-order valence-corrected chi connectivity index (χ1v) is 8.39. The quantitative estimate of drug-likeness (QED) is 0.616. The molecule has 2 unspecified atom stereocenters. The van der Waals surface area contributed by atoms with Crippen LogP contribution in [0.1, 0.15) is 26.7 Å². The maximum Gasteiger partial charge on any atom is 0.328 e. The molecule has 0 saturated carbocycles. The molecule has 2 amide bonds. The van der Waals surface area contributed by atoms with E-state index in [0.717, 1.165) is 12.1 Å². The van der Waals surface area contributed by atoms with E-state index in [1.165, 1.54) is 18.1 Å². The molecule has 0 spiro atoms. The Hall–Kier alpha value is -2.51. The first kappa shape index (κ1) is 19.8. The van der Waals surface area contributed by atoms with E-state index >= 15 is 0 Å². The van der Waals surface area contributed by atoms with Crippen molar-refractivity contribution in [3.05, 3.63) is 29.8 Å². The van der Waals surface area contributed by atoms with Crippen LogP contribution in [-0.4, -0.2) is 37.5 Å². The van der Waals surface area contributed by atoms with E-state index < -0.39 is 41.4 Å². The molecule has 6 nitrogen and oxygen atoms in total. The number of carbonyl (C=O) groups excluding carboxylic acids is 3. The van der Waals surface area contributed by atoms with Crippen LogP contribution in [0.5, 0.6) is 0 Å². The van der Waals surface area contributed by atoms with E-state index in [1.807, 2.05) is 13.8 Å². The summed E-state index contributed by atoms with van der Waals surface area (Å²) in [6, 6.07) is 2.30. The predicted octanol–water partition coefficient (Wildman–Crippen LogP) is 2.02. The van der Waals surface area contributed by atoms with Crippen LogP contribution in [0.2, 0.25) is 0 Å². The number of anilines is 1. The smallest absolute Gasteiger partial charge is 0.328 e. The Bertz CT molecular complexity index is 708. The number of hydrogen-bond acceptors (Lipinski definition) is 4. The highest BCUT2D eigenvalue weighted by Crippen LogP contribution is 2.27. The van der Waals surface area contributed by atoms with Crippen LogP contribution >= 0.6 is 0 Å². The molecule has 1 N–H and O–H groups in total. The van der Waals surface area contributed by atoms with Crippen LogP contribution in [0.15, 0.2) is 18.2 Å². The van der Waals surface area contributed by atoms with E-state index in [9.17, 15) is 23.2 Å². The number of halogens is 2. The fourth-order valence-corrected chi connectivity index (χ4v) is 2.93. The van der Waals surface area contributed by atoms with Crippen molar-refractivity contribution in [2.24, 2.45) is 11.8 Å². The number of nitrogens with zero attached hydrogens (tertiary/aromatic N) is 1. The lowest BCUT2D eigenvalue weighted by molar-refractivity contribution is -0.146. The summed E-state index contributed by atoms with van der Waals surface area (Å²) >= 11 is 0. The van der Waals surface area contributed by atoms with Crippen LogP contribution in [0.25, 0.3) is 0 Å². The third-order valence-electron chi connectivity index (χ3n) is 4.25. The van der Waals surface area contributed by atoms with Crippen molar-refractivity contribution >= 4 is 23.5 Å². The molecule has 8 heteroatoms. The molecule has 2 rings (SSSR count). The summed E-state index contributed by atoms with van der Waals surface area (Å²) in [4.78, 5) is 38.0. The SMILES string of the molecule is COC(=O)C(CC(C)C)NC(=O)C1CCN(c2ccc(F)c(F)c2)C1=O. The van der Waals surface area contributed by atoms with Crippen LogP contribution in [0.3, 0.4) is 0 Å². The minimum absolute atomic E-state index is 0.136. The van der Waals surface area contributed by atoms with Crippen molar-refractivity contribution in [1.29, 1.82) is 0 Å². The highest BCUT2D eigenvalue weighted by Gasteiger charge is 2.39. The molecule has 0 aromatic heterocycles. The summed E-state index contributed by atoms with van der Waals surface area (Å²) in [6.07, 6.45) is 0.603. The fourth-order valence-electron chi connectivity index (χ4n) is 2.93. The van der Waals surface area contributed by atoms with Gasteiger partial charge in [-0.3, -0.25) is 9.59 Å². The number of esters is 1. The summed E-state index contributed by atoms with van der Waals surface area (Å²) in [5.74, 6) is -4.58. The highest BCUT2D eigenvalue weighted by molar-refractivity contribution is 6.10. The lowest BCUT2D eigenvalue weighted by Gasteiger charge is -2.20. The van der Waals surface area contributed by atoms with Gasteiger partial charge in [-0.25, -0.2) is 13.6 Å². The Balaban J connectivity index is 2.09. The van der Waals surface area contributed by atoms with Crippen LogP contribution in [0, 0.1) is 23.5 Å². The summed E-state index contributed by atoms with van der Waals surface area (Å²) in [5, 5.41) is 2.57. The fraction of sp³-hybridized carbons (Fsp3) is 0.500. The average Bonchev–Trinajstić information content (AvgIpc) is 2.97. The Kier molecular flexibility index (Phi) is 6.28. The first-order valence-electron chi connectivity index (χ1n) is 8.39. The minimum Gasteiger partial charge on any atom is -0.467 e. The van der Waals surface area contributed by atoms with E-state index in [2.05, 4.69) is 5.32 Å². The van der Waals surface area contributed by atoms with Crippen LogP contribution < -0.4 is 10.2 Å². The van der Waals surface area contributed by atoms with Gasteiger partial charge in [-0.05, 0) is 30.9 Å². The second-order valence-electron chi connectivity index (χ2n) is 6.64. The van der Waals surface area contributed by atoms with Crippen molar-refractivity contribution in [2.75, 3.05) is 18.6 Å². The second-order valence-corrected chi connectivity index (χ2v) is 6.64. The molecule has 1 aromatic rings. The summed E-state index contributed by atoms with van der Waals surface area (Å²) in [6.45, 7) is 4.00.